The summed E-state index contributed by atoms with van der Waals surface area (Å²) in [5.74, 6) is 0.946. The SMILES string of the molecule is Cn1c(-c2ccc(CN)cc2)nc2ccncc21. The Balaban J connectivity index is 2.15. The predicted molar refractivity (Wildman–Crippen MR) is 71.8 cm³/mol. The minimum atomic E-state index is 0.562. The molecule has 0 unspecified atom stereocenters. The standard InChI is InChI=1S/C14H14N4/c1-18-13-9-16-7-6-12(13)17-14(18)11-4-2-10(8-15)3-5-11/h2-7,9H,8,15H2,1H3. The maximum atomic E-state index is 5.60. The highest BCUT2D eigenvalue weighted by Crippen LogP contribution is 2.23. The van der Waals surface area contributed by atoms with Crippen molar-refractivity contribution in [2.45, 2.75) is 6.54 Å². The number of nitrogens with two attached hydrogens (primary N) is 1. The van der Waals surface area contributed by atoms with Gasteiger partial charge in [-0.15, -0.1) is 0 Å². The molecule has 0 fully saturated rings. The monoisotopic (exact) mass is 238 g/mol. The zero-order valence-corrected chi connectivity index (χ0v) is 10.2. The summed E-state index contributed by atoms with van der Waals surface area (Å²) in [5, 5.41) is 0. The van der Waals surface area contributed by atoms with Crippen LogP contribution in [0.1, 0.15) is 5.56 Å². The Morgan fingerprint density at radius 3 is 2.61 bits per heavy atom. The van der Waals surface area contributed by atoms with Gasteiger partial charge in [-0.25, -0.2) is 4.98 Å². The zero-order chi connectivity index (χ0) is 12.5. The number of benzene rings is 1. The Bertz CT molecular complexity index is 683. The molecule has 3 aromatic rings. The molecule has 90 valence electrons. The fourth-order valence-electron chi connectivity index (χ4n) is 2.08. The Morgan fingerprint density at radius 2 is 1.94 bits per heavy atom. The quantitative estimate of drug-likeness (QED) is 0.743. The number of aryl methyl sites for hydroxylation is 1. The second-order valence-electron chi connectivity index (χ2n) is 4.26. The number of pyridine rings is 1. The van der Waals surface area contributed by atoms with Gasteiger partial charge in [0.1, 0.15) is 5.82 Å². The average Bonchev–Trinajstić information content (AvgIpc) is 2.77. The van der Waals surface area contributed by atoms with Crippen molar-refractivity contribution in [3.8, 4) is 11.4 Å². The van der Waals surface area contributed by atoms with Crippen molar-refractivity contribution in [1.82, 2.24) is 14.5 Å². The van der Waals surface area contributed by atoms with E-state index in [1.807, 2.05) is 31.4 Å². The highest BCUT2D eigenvalue weighted by Gasteiger charge is 2.09. The van der Waals surface area contributed by atoms with Gasteiger partial charge < -0.3 is 10.3 Å². The molecule has 0 aliphatic carbocycles. The van der Waals surface area contributed by atoms with Crippen molar-refractivity contribution in [3.05, 3.63) is 48.3 Å². The highest BCUT2D eigenvalue weighted by molar-refractivity contribution is 5.79. The van der Waals surface area contributed by atoms with E-state index in [0.717, 1.165) is 28.0 Å². The van der Waals surface area contributed by atoms with E-state index in [9.17, 15) is 0 Å². The topological polar surface area (TPSA) is 56.7 Å². The maximum Gasteiger partial charge on any atom is 0.140 e. The van der Waals surface area contributed by atoms with Gasteiger partial charge in [-0.3, -0.25) is 4.98 Å². The highest BCUT2D eigenvalue weighted by atomic mass is 15.1. The molecule has 2 N–H and O–H groups in total. The summed E-state index contributed by atoms with van der Waals surface area (Å²) in [7, 11) is 2.00. The van der Waals surface area contributed by atoms with Crippen molar-refractivity contribution >= 4 is 11.0 Å². The molecule has 0 saturated carbocycles. The lowest BCUT2D eigenvalue weighted by atomic mass is 10.1. The molecule has 0 bridgehead atoms. The van der Waals surface area contributed by atoms with Crippen LogP contribution in [0.4, 0.5) is 0 Å². The summed E-state index contributed by atoms with van der Waals surface area (Å²) in [6.07, 6.45) is 3.59. The van der Waals surface area contributed by atoms with Crippen LogP contribution in [0.15, 0.2) is 42.7 Å². The van der Waals surface area contributed by atoms with Crippen LogP contribution in [0.2, 0.25) is 0 Å². The average molecular weight is 238 g/mol. The summed E-state index contributed by atoms with van der Waals surface area (Å²) in [5.41, 5.74) is 9.81. The van der Waals surface area contributed by atoms with E-state index in [1.54, 1.807) is 6.20 Å². The first-order valence-electron chi connectivity index (χ1n) is 5.85. The lowest BCUT2D eigenvalue weighted by Gasteiger charge is -2.03. The second-order valence-corrected chi connectivity index (χ2v) is 4.26. The van der Waals surface area contributed by atoms with Crippen LogP contribution in [0.5, 0.6) is 0 Å². The summed E-state index contributed by atoms with van der Waals surface area (Å²) >= 11 is 0. The Kier molecular flexibility index (Phi) is 2.57. The van der Waals surface area contributed by atoms with Gasteiger partial charge in [0.25, 0.3) is 0 Å². The second kappa shape index (κ2) is 4.23. The Hall–Kier alpha value is -2.20. The summed E-state index contributed by atoms with van der Waals surface area (Å²) in [6.45, 7) is 0.562. The Labute approximate surface area is 105 Å². The number of hydrogen-bond acceptors (Lipinski definition) is 3. The van der Waals surface area contributed by atoms with E-state index >= 15 is 0 Å². The lowest BCUT2D eigenvalue weighted by molar-refractivity contribution is 0.955. The van der Waals surface area contributed by atoms with E-state index in [4.69, 9.17) is 5.73 Å². The van der Waals surface area contributed by atoms with Crippen LogP contribution in [-0.4, -0.2) is 14.5 Å². The van der Waals surface area contributed by atoms with Gasteiger partial charge >= 0.3 is 0 Å². The van der Waals surface area contributed by atoms with Crippen LogP contribution < -0.4 is 5.73 Å². The van der Waals surface area contributed by atoms with Crippen molar-refractivity contribution in [3.63, 3.8) is 0 Å². The van der Waals surface area contributed by atoms with Crippen LogP contribution in [0, 0.1) is 0 Å². The van der Waals surface area contributed by atoms with Crippen LogP contribution in [-0.2, 0) is 13.6 Å². The molecule has 0 atom stereocenters. The summed E-state index contributed by atoms with van der Waals surface area (Å²) in [4.78, 5) is 8.76. The minimum Gasteiger partial charge on any atom is -0.326 e. The third kappa shape index (κ3) is 1.67. The van der Waals surface area contributed by atoms with Crippen molar-refractivity contribution in [2.24, 2.45) is 12.8 Å². The lowest BCUT2D eigenvalue weighted by Crippen LogP contribution is -1.96. The molecule has 0 spiro atoms. The zero-order valence-electron chi connectivity index (χ0n) is 10.2. The van der Waals surface area contributed by atoms with Crippen molar-refractivity contribution in [1.29, 1.82) is 0 Å². The molecule has 0 amide bonds. The molecule has 2 aromatic heterocycles. The van der Waals surface area contributed by atoms with E-state index in [2.05, 4.69) is 26.7 Å². The number of nitrogens with zero attached hydrogens (tertiary/aromatic N) is 3. The van der Waals surface area contributed by atoms with Gasteiger partial charge in [0.05, 0.1) is 17.2 Å². The molecule has 18 heavy (non-hydrogen) atoms. The molecule has 0 saturated heterocycles. The Morgan fingerprint density at radius 1 is 1.17 bits per heavy atom. The van der Waals surface area contributed by atoms with Gasteiger partial charge in [0, 0.05) is 25.4 Å². The predicted octanol–water partition coefficient (Wildman–Crippen LogP) is 2.09. The largest absolute Gasteiger partial charge is 0.326 e. The number of aromatic nitrogens is 3. The van der Waals surface area contributed by atoms with E-state index in [-0.39, 0.29) is 0 Å². The van der Waals surface area contributed by atoms with Gasteiger partial charge in [0.2, 0.25) is 0 Å². The molecule has 1 aromatic carbocycles. The molecule has 2 heterocycles. The molecule has 0 aliphatic rings. The molecular formula is C14H14N4. The molecular weight excluding hydrogens is 224 g/mol. The molecule has 3 rings (SSSR count). The third-order valence-corrected chi connectivity index (χ3v) is 3.13. The van der Waals surface area contributed by atoms with E-state index < -0.39 is 0 Å². The maximum absolute atomic E-state index is 5.60. The first-order valence-corrected chi connectivity index (χ1v) is 5.85. The normalized spacial score (nSPS) is 11.0. The van der Waals surface area contributed by atoms with Gasteiger partial charge in [-0.05, 0) is 11.6 Å². The van der Waals surface area contributed by atoms with Crippen LogP contribution >= 0.6 is 0 Å². The number of fused-ring (bicyclic) bond motifs is 1. The van der Waals surface area contributed by atoms with Crippen molar-refractivity contribution < 1.29 is 0 Å². The van der Waals surface area contributed by atoms with Gasteiger partial charge in [0.15, 0.2) is 0 Å². The smallest absolute Gasteiger partial charge is 0.140 e. The first-order chi connectivity index (χ1) is 8.79. The van der Waals surface area contributed by atoms with E-state index in [0.29, 0.717) is 6.54 Å². The number of imidazole rings is 1. The first kappa shape index (κ1) is 10.9. The molecule has 4 nitrogen and oxygen atoms in total. The molecule has 0 aliphatic heterocycles. The molecule has 4 heteroatoms. The minimum absolute atomic E-state index is 0.562. The summed E-state index contributed by atoms with van der Waals surface area (Å²) < 4.78 is 2.06. The van der Waals surface area contributed by atoms with Gasteiger partial charge in [-0.1, -0.05) is 24.3 Å². The number of rotatable bonds is 2. The fourth-order valence-corrected chi connectivity index (χ4v) is 2.08. The third-order valence-electron chi connectivity index (χ3n) is 3.13. The number of hydrogen-bond donors (Lipinski definition) is 1. The molecule has 0 radical (unpaired) electrons. The van der Waals surface area contributed by atoms with Gasteiger partial charge in [-0.2, -0.15) is 0 Å². The van der Waals surface area contributed by atoms with Crippen LogP contribution in [0.3, 0.4) is 0 Å². The summed E-state index contributed by atoms with van der Waals surface area (Å²) in [6, 6.07) is 10.1. The van der Waals surface area contributed by atoms with E-state index in [1.165, 1.54) is 0 Å². The van der Waals surface area contributed by atoms with Crippen molar-refractivity contribution in [2.75, 3.05) is 0 Å². The fraction of sp³-hybridized carbons (Fsp3) is 0.143. The van der Waals surface area contributed by atoms with Crippen LogP contribution in [0.25, 0.3) is 22.4 Å².